The standard InChI is InChI=1S/C64H49N5O13S2/c1-38-7-5-6-8-55(38)62(73)44-13-25-51(26-14-44)84-53-29-17-46(18-30-53)64(75)60(66-82-41(4)71)56-32-22-49(69(78)79)36-57(56)58-37-67(33-34-80-58)47-19-9-42(10-20-47)61(72)43-11-23-50(24-12-43)83-52-27-15-45(16-28-52)63(74)59(65-81-40(3)70)54-31-21-48(68(76)77)35-39(54)2/h5-32,35-36,58H,33-34,37H2,1-4H3/b65-59-,66-60-. The Balaban J connectivity index is 0.860. The van der Waals surface area contributed by atoms with Gasteiger partial charge in [0.05, 0.1) is 16.5 Å². The SMILES string of the molecule is CC(=O)O/N=C(\C(=O)c1ccc(Sc2ccc(C(=O)c3ccc(N4CCOC(c5cc([N+](=O)[O-])ccc5/C(=N/OC(C)=O)C(=O)c5ccc(Sc6ccc(C(=O)c7ccccc7C)cc6)cc5)C4)cc3)cc2)cc1)c1ccc([N+](=O)[O-])cc1C. The first-order chi connectivity index (χ1) is 40.4. The topological polar surface area (TPSA) is 244 Å². The number of nitro groups is 2. The number of oxime groups is 2. The van der Waals surface area contributed by atoms with Gasteiger partial charge in [-0.15, -0.1) is 0 Å². The molecule has 1 aliphatic heterocycles. The summed E-state index contributed by atoms with van der Waals surface area (Å²) in [5.41, 5.74) is 4.24. The van der Waals surface area contributed by atoms with Crippen molar-refractivity contribution in [3.05, 3.63) is 263 Å². The molecule has 0 spiro atoms. The highest BCUT2D eigenvalue weighted by molar-refractivity contribution is 7.99. The van der Waals surface area contributed by atoms with E-state index in [0.717, 1.165) is 44.7 Å². The van der Waals surface area contributed by atoms with E-state index >= 15 is 0 Å². The number of aryl methyl sites for hydroxylation is 2. The zero-order valence-corrected chi connectivity index (χ0v) is 47.0. The molecule has 1 atom stereocenters. The molecule has 420 valence electrons. The highest BCUT2D eigenvalue weighted by Gasteiger charge is 2.31. The fourth-order valence-corrected chi connectivity index (χ4v) is 10.7. The normalized spacial score (nSPS) is 13.4. The summed E-state index contributed by atoms with van der Waals surface area (Å²) >= 11 is 2.81. The predicted octanol–water partition coefficient (Wildman–Crippen LogP) is 12.8. The lowest BCUT2D eigenvalue weighted by Crippen LogP contribution is -2.39. The number of nitrogens with zero attached hydrogens (tertiary/aromatic N) is 5. The maximum atomic E-state index is 14.4. The molecule has 0 radical (unpaired) electrons. The summed E-state index contributed by atoms with van der Waals surface area (Å²) in [4.78, 5) is 116. The van der Waals surface area contributed by atoms with Gasteiger partial charge in [-0.3, -0.25) is 39.4 Å². The van der Waals surface area contributed by atoms with Crippen molar-refractivity contribution in [1.82, 2.24) is 0 Å². The van der Waals surface area contributed by atoms with Crippen molar-refractivity contribution < 1.29 is 53.0 Å². The Morgan fingerprint density at radius 1 is 0.512 bits per heavy atom. The van der Waals surface area contributed by atoms with E-state index < -0.39 is 39.5 Å². The second kappa shape index (κ2) is 26.3. The van der Waals surface area contributed by atoms with Crippen LogP contribution in [0.3, 0.4) is 0 Å². The molecule has 0 aliphatic carbocycles. The molecule has 84 heavy (non-hydrogen) atoms. The lowest BCUT2D eigenvalue weighted by Gasteiger charge is -2.35. The summed E-state index contributed by atoms with van der Waals surface area (Å²) in [5, 5.41) is 31.3. The second-order valence-electron chi connectivity index (χ2n) is 19.1. The van der Waals surface area contributed by atoms with Crippen LogP contribution >= 0.6 is 23.5 Å². The molecule has 0 aromatic heterocycles. The fraction of sp³-hybridized carbons (Fsp3) is 0.125. The lowest BCUT2D eigenvalue weighted by atomic mass is 9.92. The number of anilines is 1. The number of non-ortho nitro benzene ring substituents is 2. The summed E-state index contributed by atoms with van der Waals surface area (Å²) in [6.45, 7) is 6.53. The molecule has 8 aromatic carbocycles. The minimum absolute atomic E-state index is 0.0764. The molecule has 9 rings (SSSR count). The van der Waals surface area contributed by atoms with Crippen molar-refractivity contribution in [2.24, 2.45) is 10.3 Å². The maximum Gasteiger partial charge on any atom is 0.332 e. The van der Waals surface area contributed by atoms with E-state index in [-0.39, 0.29) is 75.3 Å². The Morgan fingerprint density at radius 2 is 0.940 bits per heavy atom. The number of rotatable bonds is 20. The molecular weight excluding hydrogens is 1110 g/mol. The number of hydrogen-bond acceptors (Lipinski definition) is 18. The number of benzene rings is 8. The number of Topliss-reactive ketones (excluding diaryl/α,β-unsaturated/α-hetero) is 2. The van der Waals surface area contributed by atoms with E-state index in [4.69, 9.17) is 14.4 Å². The van der Waals surface area contributed by atoms with Crippen molar-refractivity contribution >= 4 is 87.1 Å². The van der Waals surface area contributed by atoms with Gasteiger partial charge in [0.25, 0.3) is 11.4 Å². The van der Waals surface area contributed by atoms with E-state index in [1.54, 1.807) is 122 Å². The average Bonchev–Trinajstić information content (AvgIpc) is 3.06. The molecule has 0 N–H and O–H groups in total. The van der Waals surface area contributed by atoms with Gasteiger partial charge < -0.3 is 19.3 Å². The number of ketones is 4. The van der Waals surface area contributed by atoms with Gasteiger partial charge in [-0.05, 0) is 164 Å². The first-order valence-electron chi connectivity index (χ1n) is 25.9. The summed E-state index contributed by atoms with van der Waals surface area (Å²) in [7, 11) is 0. The Morgan fingerprint density at radius 3 is 1.40 bits per heavy atom. The zero-order valence-electron chi connectivity index (χ0n) is 45.4. The molecule has 0 bridgehead atoms. The van der Waals surface area contributed by atoms with Gasteiger partial charge in [0.1, 0.15) is 6.10 Å². The quantitative estimate of drug-likeness (QED) is 0.0226. The minimum Gasteiger partial charge on any atom is -0.370 e. The number of nitro benzene ring substituents is 2. The number of carbonyl (C=O) groups excluding carboxylic acids is 6. The Kier molecular flexibility index (Phi) is 18.3. The molecule has 8 aromatic rings. The summed E-state index contributed by atoms with van der Waals surface area (Å²) in [5.74, 6) is -3.04. The maximum absolute atomic E-state index is 14.4. The van der Waals surface area contributed by atoms with Gasteiger partial charge in [-0.2, -0.15) is 0 Å². The number of hydrogen-bond donors (Lipinski definition) is 0. The number of morpholine rings is 1. The average molecular weight is 1160 g/mol. The lowest BCUT2D eigenvalue weighted by molar-refractivity contribution is -0.385. The van der Waals surface area contributed by atoms with E-state index in [9.17, 15) is 49.0 Å². The Labute approximate surface area is 489 Å². The van der Waals surface area contributed by atoms with E-state index in [1.807, 2.05) is 42.2 Å². The van der Waals surface area contributed by atoms with Crippen molar-refractivity contribution in [2.75, 3.05) is 24.6 Å². The van der Waals surface area contributed by atoms with Gasteiger partial charge >= 0.3 is 11.9 Å². The van der Waals surface area contributed by atoms with Crippen LogP contribution in [0.2, 0.25) is 0 Å². The van der Waals surface area contributed by atoms with Crippen molar-refractivity contribution in [2.45, 2.75) is 53.4 Å². The van der Waals surface area contributed by atoms with Crippen LogP contribution in [0.4, 0.5) is 17.1 Å². The molecule has 20 heteroatoms. The number of ether oxygens (including phenoxy) is 1. The smallest absolute Gasteiger partial charge is 0.332 e. The van der Waals surface area contributed by atoms with Crippen LogP contribution in [0.25, 0.3) is 0 Å². The van der Waals surface area contributed by atoms with E-state index in [1.165, 1.54) is 59.9 Å². The summed E-state index contributed by atoms with van der Waals surface area (Å²) < 4.78 is 6.24. The van der Waals surface area contributed by atoms with Crippen molar-refractivity contribution in [3.8, 4) is 0 Å². The van der Waals surface area contributed by atoms with E-state index in [2.05, 4.69) is 10.3 Å². The molecule has 1 aliphatic rings. The largest absolute Gasteiger partial charge is 0.370 e. The van der Waals surface area contributed by atoms with Crippen LogP contribution in [0.1, 0.15) is 100 Å². The monoisotopic (exact) mass is 1160 g/mol. The molecule has 0 saturated carbocycles. The van der Waals surface area contributed by atoms with Gasteiger partial charge in [0, 0.05) is 121 Å². The van der Waals surface area contributed by atoms with Crippen LogP contribution in [0.15, 0.2) is 212 Å². The summed E-state index contributed by atoms with van der Waals surface area (Å²) in [6.07, 6.45) is -0.834. The van der Waals surface area contributed by atoms with Crippen molar-refractivity contribution in [1.29, 1.82) is 0 Å². The van der Waals surface area contributed by atoms with Crippen LogP contribution in [-0.2, 0) is 24.0 Å². The van der Waals surface area contributed by atoms with Crippen LogP contribution in [0.5, 0.6) is 0 Å². The molecule has 0 amide bonds. The van der Waals surface area contributed by atoms with Gasteiger partial charge in [-0.1, -0.05) is 58.1 Å². The predicted molar refractivity (Wildman–Crippen MR) is 316 cm³/mol. The van der Waals surface area contributed by atoms with Crippen molar-refractivity contribution in [3.63, 3.8) is 0 Å². The molecule has 1 fully saturated rings. The minimum atomic E-state index is -0.834. The Hall–Kier alpha value is -10.0. The van der Waals surface area contributed by atoms with E-state index in [0.29, 0.717) is 34.4 Å². The fourth-order valence-electron chi connectivity index (χ4n) is 9.11. The second-order valence-corrected chi connectivity index (χ2v) is 21.4. The third-order valence-electron chi connectivity index (χ3n) is 13.4. The molecular formula is C64H49N5O13S2. The first-order valence-corrected chi connectivity index (χ1v) is 27.6. The van der Waals surface area contributed by atoms with Gasteiger partial charge in [0.2, 0.25) is 11.6 Å². The van der Waals surface area contributed by atoms with Crippen LogP contribution < -0.4 is 4.90 Å². The first kappa shape index (κ1) is 58.6. The number of carbonyl (C=O) groups is 6. The molecule has 1 saturated heterocycles. The van der Waals surface area contributed by atoms with Gasteiger partial charge in [0.15, 0.2) is 23.0 Å². The molecule has 1 heterocycles. The highest BCUT2D eigenvalue weighted by Crippen LogP contribution is 2.35. The third-order valence-corrected chi connectivity index (χ3v) is 15.4. The third kappa shape index (κ3) is 14.0. The highest BCUT2D eigenvalue weighted by atomic mass is 32.2. The summed E-state index contributed by atoms with van der Waals surface area (Å²) in [6, 6.07) is 49.9. The van der Waals surface area contributed by atoms with Gasteiger partial charge in [-0.25, -0.2) is 9.59 Å². The molecule has 1 unspecified atom stereocenters. The Bertz CT molecular complexity index is 3960. The molecule has 18 nitrogen and oxygen atoms in total. The van der Waals surface area contributed by atoms with Crippen LogP contribution in [-0.4, -0.2) is 76.0 Å². The zero-order chi connectivity index (χ0) is 59.6. The van der Waals surface area contributed by atoms with Crippen LogP contribution in [0, 0.1) is 34.1 Å².